The van der Waals surface area contributed by atoms with Crippen molar-refractivity contribution in [3.05, 3.63) is 35.4 Å². The first-order chi connectivity index (χ1) is 10.1. The first kappa shape index (κ1) is 14.6. The summed E-state index contributed by atoms with van der Waals surface area (Å²) in [4.78, 5) is 14.6. The zero-order valence-electron chi connectivity index (χ0n) is 13.0. The van der Waals surface area contributed by atoms with Gasteiger partial charge in [-0.05, 0) is 56.1 Å². The second kappa shape index (κ2) is 5.80. The third-order valence-corrected chi connectivity index (χ3v) is 5.23. The Hall–Kier alpha value is -1.35. The molecule has 2 fully saturated rings. The molecule has 1 heterocycles. The molecule has 3 nitrogen and oxygen atoms in total. The van der Waals surface area contributed by atoms with Gasteiger partial charge in [0.1, 0.15) is 0 Å². The Kier molecular flexibility index (Phi) is 4.03. The molecule has 1 aliphatic carbocycles. The number of carbonyl (C=O) groups excluding carboxylic acids is 1. The van der Waals surface area contributed by atoms with Crippen molar-refractivity contribution in [3.63, 3.8) is 0 Å². The van der Waals surface area contributed by atoms with E-state index >= 15 is 0 Å². The molecule has 114 valence electrons. The summed E-state index contributed by atoms with van der Waals surface area (Å²) in [5.74, 6) is 1.30. The van der Waals surface area contributed by atoms with Crippen LogP contribution in [-0.4, -0.2) is 35.1 Å². The number of piperidine rings is 1. The second-order valence-corrected chi connectivity index (χ2v) is 6.71. The molecule has 0 aromatic heterocycles. The van der Waals surface area contributed by atoms with Crippen LogP contribution in [0.2, 0.25) is 0 Å². The van der Waals surface area contributed by atoms with E-state index in [9.17, 15) is 9.90 Å². The standard InChI is InChI=1S/C18H25NO2/c1-12-5-3-4-6-15(12)16-11-17(16)18(21)19-9-7-14(8-10-19)13(2)20/h3-6,13-14,16-17,20H,7-11H2,1-2H3. The maximum Gasteiger partial charge on any atom is 0.226 e. The van der Waals surface area contributed by atoms with E-state index in [0.717, 1.165) is 32.4 Å². The molecule has 3 heteroatoms. The topological polar surface area (TPSA) is 40.5 Å². The molecule has 0 spiro atoms. The van der Waals surface area contributed by atoms with Gasteiger partial charge in [-0.2, -0.15) is 0 Å². The molecule has 1 aromatic rings. The molecular formula is C18H25NO2. The predicted octanol–water partition coefficient (Wildman–Crippen LogP) is 2.72. The number of aliphatic hydroxyl groups is 1. The van der Waals surface area contributed by atoms with E-state index in [4.69, 9.17) is 0 Å². The highest BCUT2D eigenvalue weighted by Crippen LogP contribution is 2.49. The van der Waals surface area contributed by atoms with E-state index in [1.54, 1.807) is 0 Å². The molecule has 0 bridgehead atoms. The Balaban J connectivity index is 1.58. The quantitative estimate of drug-likeness (QED) is 0.928. The molecule has 2 aliphatic rings. The zero-order valence-corrected chi connectivity index (χ0v) is 13.0. The summed E-state index contributed by atoms with van der Waals surface area (Å²) in [6, 6.07) is 8.41. The van der Waals surface area contributed by atoms with Crippen LogP contribution in [-0.2, 0) is 4.79 Å². The summed E-state index contributed by atoms with van der Waals surface area (Å²) in [7, 11) is 0. The lowest BCUT2D eigenvalue weighted by molar-refractivity contribution is -0.134. The van der Waals surface area contributed by atoms with E-state index in [2.05, 4.69) is 31.2 Å². The highest BCUT2D eigenvalue weighted by Gasteiger charge is 2.46. The molecule has 21 heavy (non-hydrogen) atoms. The molecule has 1 N–H and O–H groups in total. The van der Waals surface area contributed by atoms with Crippen molar-refractivity contribution in [3.8, 4) is 0 Å². The number of benzene rings is 1. The van der Waals surface area contributed by atoms with Crippen LogP contribution in [0, 0.1) is 18.8 Å². The monoisotopic (exact) mass is 287 g/mol. The van der Waals surface area contributed by atoms with Gasteiger partial charge in [-0.25, -0.2) is 0 Å². The van der Waals surface area contributed by atoms with Gasteiger partial charge in [0, 0.05) is 19.0 Å². The van der Waals surface area contributed by atoms with Gasteiger partial charge < -0.3 is 10.0 Å². The predicted molar refractivity (Wildman–Crippen MR) is 83.0 cm³/mol. The fourth-order valence-electron chi connectivity index (χ4n) is 3.65. The van der Waals surface area contributed by atoms with Gasteiger partial charge in [-0.3, -0.25) is 4.79 Å². The molecule has 3 atom stereocenters. The van der Waals surface area contributed by atoms with Crippen molar-refractivity contribution in [1.29, 1.82) is 0 Å². The molecule has 1 aliphatic heterocycles. The van der Waals surface area contributed by atoms with Gasteiger partial charge in [-0.1, -0.05) is 24.3 Å². The van der Waals surface area contributed by atoms with E-state index in [1.165, 1.54) is 11.1 Å². The SMILES string of the molecule is Cc1ccccc1C1CC1C(=O)N1CCC(C(C)O)CC1. The van der Waals surface area contributed by atoms with Crippen LogP contribution in [0.5, 0.6) is 0 Å². The second-order valence-electron chi connectivity index (χ2n) is 6.71. The van der Waals surface area contributed by atoms with Crippen LogP contribution >= 0.6 is 0 Å². The summed E-state index contributed by atoms with van der Waals surface area (Å²) < 4.78 is 0. The number of rotatable bonds is 3. The highest BCUT2D eigenvalue weighted by molar-refractivity contribution is 5.83. The van der Waals surface area contributed by atoms with E-state index in [-0.39, 0.29) is 12.0 Å². The number of hydrogen-bond donors (Lipinski definition) is 1. The zero-order chi connectivity index (χ0) is 15.0. The van der Waals surface area contributed by atoms with Gasteiger partial charge in [0.15, 0.2) is 0 Å². The van der Waals surface area contributed by atoms with E-state index in [0.29, 0.717) is 17.7 Å². The number of nitrogens with zero attached hydrogens (tertiary/aromatic N) is 1. The Morgan fingerprint density at radius 1 is 1.29 bits per heavy atom. The average molecular weight is 287 g/mol. The summed E-state index contributed by atoms with van der Waals surface area (Å²) >= 11 is 0. The summed E-state index contributed by atoms with van der Waals surface area (Å²) in [6.07, 6.45) is 2.62. The molecule has 3 rings (SSSR count). The van der Waals surface area contributed by atoms with Gasteiger partial charge in [0.25, 0.3) is 0 Å². The van der Waals surface area contributed by atoms with Gasteiger partial charge in [0.2, 0.25) is 5.91 Å². The Morgan fingerprint density at radius 2 is 1.95 bits per heavy atom. The molecule has 0 radical (unpaired) electrons. The van der Waals surface area contributed by atoms with Gasteiger partial charge in [-0.15, -0.1) is 0 Å². The first-order valence-corrected chi connectivity index (χ1v) is 8.10. The smallest absolute Gasteiger partial charge is 0.226 e. The number of aliphatic hydroxyl groups excluding tert-OH is 1. The minimum absolute atomic E-state index is 0.189. The summed E-state index contributed by atoms with van der Waals surface area (Å²) in [6.45, 7) is 5.61. The molecule has 3 unspecified atom stereocenters. The minimum Gasteiger partial charge on any atom is -0.393 e. The molecular weight excluding hydrogens is 262 g/mol. The molecule has 1 saturated carbocycles. The first-order valence-electron chi connectivity index (χ1n) is 8.10. The van der Waals surface area contributed by atoms with Crippen LogP contribution in [0.15, 0.2) is 24.3 Å². The fourth-order valence-corrected chi connectivity index (χ4v) is 3.65. The van der Waals surface area contributed by atoms with Gasteiger partial charge in [0.05, 0.1) is 6.10 Å². The van der Waals surface area contributed by atoms with E-state index in [1.807, 2.05) is 11.8 Å². The lowest BCUT2D eigenvalue weighted by atomic mass is 9.92. The highest BCUT2D eigenvalue weighted by atomic mass is 16.3. The summed E-state index contributed by atoms with van der Waals surface area (Å²) in [5, 5.41) is 9.64. The number of amides is 1. The number of likely N-dealkylation sites (tertiary alicyclic amines) is 1. The van der Waals surface area contributed by atoms with Crippen LogP contribution < -0.4 is 0 Å². The van der Waals surface area contributed by atoms with Crippen molar-refractivity contribution in [2.75, 3.05) is 13.1 Å². The van der Waals surface area contributed by atoms with Crippen LogP contribution in [0.25, 0.3) is 0 Å². The Morgan fingerprint density at radius 3 is 2.57 bits per heavy atom. The lowest BCUT2D eigenvalue weighted by Crippen LogP contribution is -2.41. The fraction of sp³-hybridized carbons (Fsp3) is 0.611. The summed E-state index contributed by atoms with van der Waals surface area (Å²) in [5.41, 5.74) is 2.64. The van der Waals surface area contributed by atoms with Crippen LogP contribution in [0.4, 0.5) is 0 Å². The largest absolute Gasteiger partial charge is 0.393 e. The maximum absolute atomic E-state index is 12.6. The number of hydrogen-bond acceptors (Lipinski definition) is 2. The number of aryl methyl sites for hydroxylation is 1. The lowest BCUT2D eigenvalue weighted by Gasteiger charge is -2.33. The minimum atomic E-state index is -0.247. The average Bonchev–Trinajstić information content (AvgIpc) is 3.27. The van der Waals surface area contributed by atoms with Crippen LogP contribution in [0.3, 0.4) is 0 Å². The number of carbonyl (C=O) groups is 1. The Labute approximate surface area is 127 Å². The van der Waals surface area contributed by atoms with Crippen molar-refractivity contribution in [2.45, 2.75) is 45.1 Å². The van der Waals surface area contributed by atoms with Crippen molar-refractivity contribution >= 4 is 5.91 Å². The van der Waals surface area contributed by atoms with Crippen molar-refractivity contribution in [1.82, 2.24) is 4.90 Å². The third kappa shape index (κ3) is 2.98. The normalized spacial score (nSPS) is 27.5. The maximum atomic E-state index is 12.6. The Bertz CT molecular complexity index is 518. The van der Waals surface area contributed by atoms with Crippen LogP contribution in [0.1, 0.15) is 43.2 Å². The van der Waals surface area contributed by atoms with Crippen molar-refractivity contribution < 1.29 is 9.90 Å². The van der Waals surface area contributed by atoms with Crippen molar-refractivity contribution in [2.24, 2.45) is 11.8 Å². The van der Waals surface area contributed by atoms with E-state index < -0.39 is 0 Å². The molecule has 1 amide bonds. The molecule has 1 aromatic carbocycles. The third-order valence-electron chi connectivity index (χ3n) is 5.23. The molecule has 1 saturated heterocycles. The van der Waals surface area contributed by atoms with Gasteiger partial charge >= 0.3 is 0 Å².